The Balaban J connectivity index is 2.13. The monoisotopic (exact) mass is 264 g/mol. The number of hydrogen-bond donors (Lipinski definition) is 1. The third-order valence-corrected chi connectivity index (χ3v) is 2.72. The van der Waals surface area contributed by atoms with E-state index >= 15 is 0 Å². The minimum absolute atomic E-state index is 0.319. The Labute approximate surface area is 113 Å². The van der Waals surface area contributed by atoms with Crippen LogP contribution in [0.4, 0.5) is 10.5 Å². The lowest BCUT2D eigenvalue weighted by Crippen LogP contribution is -2.37. The predicted octanol–water partition coefficient (Wildman–Crippen LogP) is 2.40. The number of nitrogens with two attached hydrogens (primary N) is 1. The lowest BCUT2D eigenvalue weighted by atomic mass is 10.1. The van der Waals surface area contributed by atoms with Gasteiger partial charge in [-0.2, -0.15) is 0 Å². The maximum atomic E-state index is 12.1. The molecule has 0 fully saturated rings. The van der Waals surface area contributed by atoms with Gasteiger partial charge in [0.15, 0.2) is 0 Å². The summed E-state index contributed by atoms with van der Waals surface area (Å²) in [6.45, 7) is 6.99. The number of carbonyl (C=O) groups is 1. The van der Waals surface area contributed by atoms with Crippen LogP contribution in [0, 0.1) is 0 Å². The molecule has 0 bridgehead atoms. The van der Waals surface area contributed by atoms with Gasteiger partial charge in [0.25, 0.3) is 0 Å². The van der Waals surface area contributed by atoms with Crippen molar-refractivity contribution >= 4 is 11.8 Å². The SMILES string of the molecule is CC(C)(C)OC(=O)N1CCOc2cc(N)ccc2C1. The third-order valence-electron chi connectivity index (χ3n) is 2.72. The summed E-state index contributed by atoms with van der Waals surface area (Å²) in [7, 11) is 0. The number of rotatable bonds is 0. The molecule has 5 heteroatoms. The van der Waals surface area contributed by atoms with Gasteiger partial charge in [0.1, 0.15) is 18.0 Å². The molecule has 1 amide bonds. The number of anilines is 1. The molecule has 2 rings (SSSR count). The number of fused-ring (bicyclic) bond motifs is 1. The van der Waals surface area contributed by atoms with E-state index in [2.05, 4.69) is 0 Å². The van der Waals surface area contributed by atoms with Gasteiger partial charge in [0.2, 0.25) is 0 Å². The summed E-state index contributed by atoms with van der Waals surface area (Å²) in [5, 5.41) is 0. The molecule has 0 radical (unpaired) electrons. The molecule has 0 saturated carbocycles. The van der Waals surface area contributed by atoms with Gasteiger partial charge in [-0.25, -0.2) is 4.79 Å². The highest BCUT2D eigenvalue weighted by molar-refractivity contribution is 5.68. The van der Waals surface area contributed by atoms with E-state index in [1.807, 2.05) is 26.8 Å². The molecule has 1 heterocycles. The van der Waals surface area contributed by atoms with E-state index in [-0.39, 0.29) is 6.09 Å². The standard InChI is InChI=1S/C14H20N2O3/c1-14(2,3)19-13(17)16-6-7-18-12-8-11(15)5-4-10(12)9-16/h4-5,8H,6-7,9,15H2,1-3H3. The molecule has 19 heavy (non-hydrogen) atoms. The van der Waals surface area contributed by atoms with E-state index in [0.717, 1.165) is 11.3 Å². The Morgan fingerprint density at radius 1 is 1.42 bits per heavy atom. The van der Waals surface area contributed by atoms with Crippen LogP contribution in [0.25, 0.3) is 0 Å². The van der Waals surface area contributed by atoms with Crippen LogP contribution in [-0.2, 0) is 11.3 Å². The van der Waals surface area contributed by atoms with Crippen molar-refractivity contribution in [3.8, 4) is 5.75 Å². The predicted molar refractivity (Wildman–Crippen MR) is 73.0 cm³/mol. The Morgan fingerprint density at radius 2 is 2.16 bits per heavy atom. The van der Waals surface area contributed by atoms with Gasteiger partial charge in [-0.15, -0.1) is 0 Å². The van der Waals surface area contributed by atoms with Gasteiger partial charge >= 0.3 is 6.09 Å². The van der Waals surface area contributed by atoms with Crippen LogP contribution in [-0.4, -0.2) is 29.7 Å². The van der Waals surface area contributed by atoms with Crippen molar-refractivity contribution < 1.29 is 14.3 Å². The molecule has 1 aromatic rings. The zero-order chi connectivity index (χ0) is 14.0. The fourth-order valence-electron chi connectivity index (χ4n) is 1.87. The third kappa shape index (κ3) is 3.53. The van der Waals surface area contributed by atoms with E-state index < -0.39 is 5.60 Å². The van der Waals surface area contributed by atoms with Gasteiger partial charge in [-0.1, -0.05) is 6.07 Å². The van der Waals surface area contributed by atoms with Gasteiger partial charge in [-0.3, -0.25) is 0 Å². The highest BCUT2D eigenvalue weighted by Gasteiger charge is 2.25. The minimum Gasteiger partial charge on any atom is -0.491 e. The van der Waals surface area contributed by atoms with Crippen LogP contribution < -0.4 is 10.5 Å². The van der Waals surface area contributed by atoms with Crippen molar-refractivity contribution in [1.29, 1.82) is 0 Å². The topological polar surface area (TPSA) is 64.8 Å². The first-order valence-corrected chi connectivity index (χ1v) is 6.34. The first-order chi connectivity index (χ1) is 8.85. The van der Waals surface area contributed by atoms with Gasteiger partial charge in [0.05, 0.1) is 13.1 Å². The van der Waals surface area contributed by atoms with Crippen molar-refractivity contribution in [2.45, 2.75) is 32.9 Å². The van der Waals surface area contributed by atoms with Crippen molar-refractivity contribution in [1.82, 2.24) is 4.90 Å². The molecule has 0 unspecified atom stereocenters. The van der Waals surface area contributed by atoms with Gasteiger partial charge in [-0.05, 0) is 26.8 Å². The van der Waals surface area contributed by atoms with Crippen LogP contribution in [0.2, 0.25) is 0 Å². The summed E-state index contributed by atoms with van der Waals surface area (Å²) < 4.78 is 11.0. The number of carbonyl (C=O) groups excluding carboxylic acids is 1. The summed E-state index contributed by atoms with van der Waals surface area (Å²) in [4.78, 5) is 13.7. The molecular weight excluding hydrogens is 244 g/mol. The smallest absolute Gasteiger partial charge is 0.410 e. The van der Waals surface area contributed by atoms with Crippen LogP contribution in [0.15, 0.2) is 18.2 Å². The van der Waals surface area contributed by atoms with Crippen LogP contribution in [0.5, 0.6) is 5.75 Å². The van der Waals surface area contributed by atoms with E-state index in [0.29, 0.717) is 25.4 Å². The number of amides is 1. The number of nitrogen functional groups attached to an aromatic ring is 1. The Hall–Kier alpha value is -1.91. The first kappa shape index (κ1) is 13.5. The largest absolute Gasteiger partial charge is 0.491 e. The highest BCUT2D eigenvalue weighted by Crippen LogP contribution is 2.26. The van der Waals surface area contributed by atoms with E-state index in [9.17, 15) is 4.79 Å². The lowest BCUT2D eigenvalue weighted by molar-refractivity contribution is 0.0225. The molecule has 2 N–H and O–H groups in total. The Bertz CT molecular complexity index is 480. The molecule has 104 valence electrons. The zero-order valence-electron chi connectivity index (χ0n) is 11.6. The normalized spacial score (nSPS) is 15.2. The van der Waals surface area contributed by atoms with Crippen LogP contribution in [0.1, 0.15) is 26.3 Å². The lowest BCUT2D eigenvalue weighted by Gasteiger charge is -2.26. The Morgan fingerprint density at radius 3 is 2.84 bits per heavy atom. The summed E-state index contributed by atoms with van der Waals surface area (Å²) in [6.07, 6.45) is -0.319. The summed E-state index contributed by atoms with van der Waals surface area (Å²) >= 11 is 0. The molecule has 0 spiro atoms. The fourth-order valence-corrected chi connectivity index (χ4v) is 1.87. The molecule has 1 aliphatic heterocycles. The molecule has 0 aliphatic carbocycles. The van der Waals surface area contributed by atoms with Gasteiger partial charge < -0.3 is 20.1 Å². The van der Waals surface area contributed by atoms with E-state index in [1.54, 1.807) is 17.0 Å². The average Bonchev–Trinajstić information content (AvgIpc) is 2.48. The van der Waals surface area contributed by atoms with Crippen LogP contribution in [0.3, 0.4) is 0 Å². The zero-order valence-corrected chi connectivity index (χ0v) is 11.6. The Kier molecular flexibility index (Phi) is 3.55. The number of hydrogen-bond acceptors (Lipinski definition) is 4. The van der Waals surface area contributed by atoms with Crippen LogP contribution >= 0.6 is 0 Å². The summed E-state index contributed by atoms with van der Waals surface area (Å²) in [5.74, 6) is 0.742. The van der Waals surface area contributed by atoms with E-state index in [4.69, 9.17) is 15.2 Å². The van der Waals surface area contributed by atoms with E-state index in [1.165, 1.54) is 0 Å². The number of ether oxygens (including phenoxy) is 2. The first-order valence-electron chi connectivity index (χ1n) is 6.34. The summed E-state index contributed by atoms with van der Waals surface area (Å²) in [6, 6.07) is 5.47. The average molecular weight is 264 g/mol. The van der Waals surface area contributed by atoms with Crippen molar-refractivity contribution in [3.05, 3.63) is 23.8 Å². The maximum absolute atomic E-state index is 12.1. The van der Waals surface area contributed by atoms with Gasteiger partial charge in [0, 0.05) is 17.3 Å². The molecule has 1 aromatic carbocycles. The van der Waals surface area contributed by atoms with Crippen molar-refractivity contribution in [2.24, 2.45) is 0 Å². The second-order valence-electron chi connectivity index (χ2n) is 5.62. The molecular formula is C14H20N2O3. The molecule has 0 aromatic heterocycles. The quantitative estimate of drug-likeness (QED) is 0.731. The molecule has 1 aliphatic rings. The molecule has 5 nitrogen and oxygen atoms in total. The number of nitrogens with zero attached hydrogens (tertiary/aromatic N) is 1. The fraction of sp³-hybridized carbons (Fsp3) is 0.500. The minimum atomic E-state index is -0.492. The second-order valence-corrected chi connectivity index (χ2v) is 5.62. The number of benzene rings is 1. The van der Waals surface area contributed by atoms with Crippen molar-refractivity contribution in [2.75, 3.05) is 18.9 Å². The maximum Gasteiger partial charge on any atom is 0.410 e. The second kappa shape index (κ2) is 4.99. The molecule has 0 saturated heterocycles. The molecule has 0 atom stereocenters. The van der Waals surface area contributed by atoms with Crippen molar-refractivity contribution in [3.63, 3.8) is 0 Å². The highest BCUT2D eigenvalue weighted by atomic mass is 16.6. The summed E-state index contributed by atoms with van der Waals surface area (Å²) in [5.41, 5.74) is 6.83.